The number of aryl methyl sites for hydroxylation is 1. The van der Waals surface area contributed by atoms with Crippen LogP contribution in [0.4, 0.5) is 5.69 Å². The molecule has 3 aromatic carbocycles. The number of fused-ring (bicyclic) bond motifs is 1. The van der Waals surface area contributed by atoms with Crippen LogP contribution in [-0.2, 0) is 13.2 Å². The number of carbonyl (C=O) groups is 1. The number of aromatic nitrogens is 1. The molecule has 5 nitrogen and oxygen atoms in total. The maximum atomic E-state index is 12.8. The van der Waals surface area contributed by atoms with Crippen molar-refractivity contribution in [2.75, 3.05) is 5.32 Å². The van der Waals surface area contributed by atoms with E-state index in [0.717, 1.165) is 11.1 Å². The number of rotatable bonds is 6. The molecule has 1 N–H and O–H groups in total. The van der Waals surface area contributed by atoms with Gasteiger partial charge in [0.15, 0.2) is 0 Å². The predicted octanol–water partition coefficient (Wildman–Crippen LogP) is 4.85. The van der Waals surface area contributed by atoms with E-state index in [1.165, 1.54) is 0 Å². The molecule has 0 aliphatic rings. The van der Waals surface area contributed by atoms with E-state index < -0.39 is 5.91 Å². The van der Waals surface area contributed by atoms with Gasteiger partial charge < -0.3 is 14.6 Å². The molecular weight excluding hydrogens is 376 g/mol. The number of para-hydroxylation sites is 1. The lowest BCUT2D eigenvalue weighted by Gasteiger charge is -2.12. The van der Waals surface area contributed by atoms with E-state index in [-0.39, 0.29) is 11.0 Å². The van der Waals surface area contributed by atoms with E-state index in [1.54, 1.807) is 42.6 Å². The molecule has 4 rings (SSSR count). The first-order valence-electron chi connectivity index (χ1n) is 9.86. The Hall–Kier alpha value is -3.86. The molecule has 0 saturated heterocycles. The molecule has 4 aromatic rings. The predicted molar refractivity (Wildman–Crippen MR) is 119 cm³/mol. The molecule has 30 heavy (non-hydrogen) atoms. The Bertz CT molecular complexity index is 1230. The number of ether oxygens (including phenoxy) is 1. The van der Waals surface area contributed by atoms with Gasteiger partial charge in [0.25, 0.3) is 5.91 Å². The van der Waals surface area contributed by atoms with Gasteiger partial charge in [0.1, 0.15) is 17.9 Å². The van der Waals surface area contributed by atoms with Crippen LogP contribution >= 0.6 is 0 Å². The van der Waals surface area contributed by atoms with Gasteiger partial charge in [-0.1, -0.05) is 42.5 Å². The quantitative estimate of drug-likeness (QED) is 0.505. The molecule has 1 heterocycles. The van der Waals surface area contributed by atoms with Crippen molar-refractivity contribution < 1.29 is 9.53 Å². The van der Waals surface area contributed by atoms with E-state index in [4.69, 9.17) is 4.74 Å². The third-order valence-corrected chi connectivity index (χ3v) is 4.93. The summed E-state index contributed by atoms with van der Waals surface area (Å²) in [6, 6.07) is 24.3. The topological polar surface area (TPSA) is 60.3 Å². The van der Waals surface area contributed by atoms with E-state index in [1.807, 2.05) is 54.0 Å². The molecule has 0 unspecified atom stereocenters. The van der Waals surface area contributed by atoms with Crippen LogP contribution in [-0.4, -0.2) is 10.5 Å². The van der Waals surface area contributed by atoms with Gasteiger partial charge in [-0.2, -0.15) is 0 Å². The second-order valence-corrected chi connectivity index (χ2v) is 6.93. The maximum absolute atomic E-state index is 12.8. The fraction of sp³-hybridized carbons (Fsp3) is 0.120. The summed E-state index contributed by atoms with van der Waals surface area (Å²) in [5, 5.41) is 3.35. The lowest BCUT2D eigenvalue weighted by Crippen LogP contribution is -2.23. The number of amides is 1. The highest BCUT2D eigenvalue weighted by Crippen LogP contribution is 2.18. The highest BCUT2D eigenvalue weighted by molar-refractivity contribution is 6.05. The summed E-state index contributed by atoms with van der Waals surface area (Å²) in [6.45, 7) is 3.11. The number of hydrogen-bond acceptors (Lipinski definition) is 3. The number of anilines is 1. The Morgan fingerprint density at radius 2 is 1.63 bits per heavy atom. The Morgan fingerprint density at radius 3 is 2.37 bits per heavy atom. The van der Waals surface area contributed by atoms with Crippen LogP contribution in [0, 0.1) is 0 Å². The lowest BCUT2D eigenvalue weighted by molar-refractivity contribution is 0.102. The van der Waals surface area contributed by atoms with Crippen LogP contribution < -0.4 is 15.5 Å². The Balaban J connectivity index is 1.50. The fourth-order valence-electron chi connectivity index (χ4n) is 3.34. The van der Waals surface area contributed by atoms with Crippen molar-refractivity contribution in [2.24, 2.45) is 0 Å². The third-order valence-electron chi connectivity index (χ3n) is 4.93. The van der Waals surface area contributed by atoms with Gasteiger partial charge in [-0.25, -0.2) is 0 Å². The van der Waals surface area contributed by atoms with Gasteiger partial charge in [-0.05, 0) is 48.9 Å². The Morgan fingerprint density at radius 1 is 0.933 bits per heavy atom. The van der Waals surface area contributed by atoms with Crippen LogP contribution in [0.15, 0.2) is 89.9 Å². The Kier molecular flexibility index (Phi) is 5.61. The summed E-state index contributed by atoms with van der Waals surface area (Å²) in [4.78, 5) is 25.6. The molecule has 0 aliphatic heterocycles. The lowest BCUT2D eigenvalue weighted by atomic mass is 10.1. The zero-order chi connectivity index (χ0) is 20.9. The first-order valence-corrected chi connectivity index (χ1v) is 9.86. The number of nitrogens with one attached hydrogen (secondary N) is 1. The molecule has 1 aromatic heterocycles. The van der Waals surface area contributed by atoms with E-state index in [2.05, 4.69) is 5.32 Å². The minimum atomic E-state index is -0.425. The van der Waals surface area contributed by atoms with Crippen LogP contribution in [0.2, 0.25) is 0 Å². The molecule has 0 spiro atoms. The van der Waals surface area contributed by atoms with Crippen LogP contribution in [0.5, 0.6) is 5.75 Å². The van der Waals surface area contributed by atoms with Crippen molar-refractivity contribution in [1.29, 1.82) is 0 Å². The summed E-state index contributed by atoms with van der Waals surface area (Å²) >= 11 is 0. The van der Waals surface area contributed by atoms with Crippen molar-refractivity contribution >= 4 is 22.5 Å². The number of benzene rings is 3. The molecule has 0 radical (unpaired) electrons. The molecule has 0 saturated carbocycles. The monoisotopic (exact) mass is 398 g/mol. The van der Waals surface area contributed by atoms with Gasteiger partial charge >= 0.3 is 0 Å². The summed E-state index contributed by atoms with van der Waals surface area (Å²) in [5.74, 6) is 0.279. The van der Waals surface area contributed by atoms with Gasteiger partial charge in [0.2, 0.25) is 5.43 Å². The van der Waals surface area contributed by atoms with Crippen molar-refractivity contribution in [2.45, 2.75) is 20.1 Å². The van der Waals surface area contributed by atoms with E-state index >= 15 is 0 Å². The van der Waals surface area contributed by atoms with Gasteiger partial charge in [-0.3, -0.25) is 9.59 Å². The van der Waals surface area contributed by atoms with Crippen LogP contribution in [0.3, 0.4) is 0 Å². The SMILES string of the molecule is CCn1cc(C(=O)Nc2ccc(OCc3ccccc3)cc2)c(=O)c2ccccc21. The fourth-order valence-corrected chi connectivity index (χ4v) is 3.34. The first-order chi connectivity index (χ1) is 14.7. The number of pyridine rings is 1. The maximum Gasteiger partial charge on any atom is 0.261 e. The van der Waals surface area contributed by atoms with Crippen molar-refractivity contribution in [3.8, 4) is 5.75 Å². The zero-order valence-corrected chi connectivity index (χ0v) is 16.7. The molecule has 0 bridgehead atoms. The number of carbonyl (C=O) groups excluding carboxylic acids is 1. The summed E-state index contributed by atoms with van der Waals surface area (Å²) < 4.78 is 7.68. The minimum Gasteiger partial charge on any atom is -0.489 e. The molecule has 1 amide bonds. The summed E-state index contributed by atoms with van der Waals surface area (Å²) in [5.41, 5.74) is 2.36. The molecule has 0 fully saturated rings. The average Bonchev–Trinajstić information content (AvgIpc) is 2.80. The average molecular weight is 398 g/mol. The highest BCUT2D eigenvalue weighted by atomic mass is 16.5. The minimum absolute atomic E-state index is 0.125. The smallest absolute Gasteiger partial charge is 0.261 e. The zero-order valence-electron chi connectivity index (χ0n) is 16.7. The van der Waals surface area contributed by atoms with Gasteiger partial charge in [0.05, 0.1) is 5.52 Å². The van der Waals surface area contributed by atoms with Crippen molar-refractivity contribution in [3.63, 3.8) is 0 Å². The Labute approximate surface area is 174 Å². The van der Waals surface area contributed by atoms with Crippen LogP contribution in [0.25, 0.3) is 10.9 Å². The van der Waals surface area contributed by atoms with Gasteiger partial charge in [0, 0.05) is 23.8 Å². The van der Waals surface area contributed by atoms with Crippen molar-refractivity contribution in [3.05, 3.63) is 106 Å². The molecular formula is C25H22N2O3. The highest BCUT2D eigenvalue weighted by Gasteiger charge is 2.15. The molecule has 0 atom stereocenters. The standard InChI is InChI=1S/C25H22N2O3/c1-2-27-16-22(24(28)21-10-6-7-11-23(21)27)25(29)26-19-12-14-20(15-13-19)30-17-18-8-4-3-5-9-18/h3-16H,2,17H2,1H3,(H,26,29). The molecule has 0 aliphatic carbocycles. The van der Waals surface area contributed by atoms with Crippen molar-refractivity contribution in [1.82, 2.24) is 4.57 Å². The molecule has 150 valence electrons. The summed E-state index contributed by atoms with van der Waals surface area (Å²) in [7, 11) is 0. The van der Waals surface area contributed by atoms with E-state index in [9.17, 15) is 9.59 Å². The number of hydrogen-bond donors (Lipinski definition) is 1. The summed E-state index contributed by atoms with van der Waals surface area (Å²) in [6.07, 6.45) is 1.62. The normalized spacial score (nSPS) is 10.7. The molecule has 5 heteroatoms. The second-order valence-electron chi connectivity index (χ2n) is 6.93. The van der Waals surface area contributed by atoms with E-state index in [0.29, 0.717) is 30.0 Å². The largest absolute Gasteiger partial charge is 0.489 e. The van der Waals surface area contributed by atoms with Gasteiger partial charge in [-0.15, -0.1) is 0 Å². The second kappa shape index (κ2) is 8.66. The number of nitrogens with zero attached hydrogens (tertiary/aromatic N) is 1. The van der Waals surface area contributed by atoms with Crippen LogP contribution in [0.1, 0.15) is 22.8 Å². The third kappa shape index (κ3) is 4.10. The first kappa shape index (κ1) is 19.5.